The maximum absolute atomic E-state index is 11.4. The zero-order chi connectivity index (χ0) is 17.9. The first-order valence-electron chi connectivity index (χ1n) is 8.61. The Morgan fingerprint density at radius 2 is 2.08 bits per heavy atom. The molecular weight excluding hydrogens is 344 g/mol. The highest BCUT2D eigenvalue weighted by molar-refractivity contribution is 7.88. The third-order valence-corrected chi connectivity index (χ3v) is 5.36. The first-order valence-corrected chi connectivity index (χ1v) is 10.5. The number of hydrogen-bond acceptors (Lipinski definition) is 7. The SMILES string of the molecule is COCc1nc(C2CCOC2)cc(N2CCC(NS(C)(=O)=O)CC2)n1. The summed E-state index contributed by atoms with van der Waals surface area (Å²) in [4.78, 5) is 11.5. The van der Waals surface area contributed by atoms with Crippen LogP contribution in [0.3, 0.4) is 0 Å². The van der Waals surface area contributed by atoms with Gasteiger partial charge in [-0.2, -0.15) is 0 Å². The van der Waals surface area contributed by atoms with E-state index in [1.807, 2.05) is 6.07 Å². The molecule has 8 nitrogen and oxygen atoms in total. The summed E-state index contributed by atoms with van der Waals surface area (Å²) in [6.45, 7) is 3.37. The number of sulfonamides is 1. The second-order valence-electron chi connectivity index (χ2n) is 6.71. The Kier molecular flexibility index (Phi) is 5.88. The molecule has 1 N–H and O–H groups in total. The van der Waals surface area contributed by atoms with Gasteiger partial charge >= 0.3 is 0 Å². The molecule has 0 spiro atoms. The van der Waals surface area contributed by atoms with Crippen molar-refractivity contribution in [1.29, 1.82) is 0 Å². The van der Waals surface area contributed by atoms with Crippen molar-refractivity contribution >= 4 is 15.8 Å². The van der Waals surface area contributed by atoms with Crippen molar-refractivity contribution in [2.24, 2.45) is 0 Å². The van der Waals surface area contributed by atoms with Crippen LogP contribution in [0.4, 0.5) is 5.82 Å². The van der Waals surface area contributed by atoms with Crippen molar-refractivity contribution in [1.82, 2.24) is 14.7 Å². The van der Waals surface area contributed by atoms with Gasteiger partial charge in [0, 0.05) is 44.8 Å². The van der Waals surface area contributed by atoms with Gasteiger partial charge in [0.25, 0.3) is 0 Å². The van der Waals surface area contributed by atoms with Crippen LogP contribution < -0.4 is 9.62 Å². The lowest BCUT2D eigenvalue weighted by atomic mass is 10.0. The fourth-order valence-electron chi connectivity index (χ4n) is 3.36. The number of nitrogens with one attached hydrogen (secondary N) is 1. The van der Waals surface area contributed by atoms with Crippen molar-refractivity contribution < 1.29 is 17.9 Å². The number of anilines is 1. The lowest BCUT2D eigenvalue weighted by Gasteiger charge is -2.33. The summed E-state index contributed by atoms with van der Waals surface area (Å²) >= 11 is 0. The van der Waals surface area contributed by atoms with Crippen molar-refractivity contribution in [3.63, 3.8) is 0 Å². The van der Waals surface area contributed by atoms with Crippen LogP contribution in [0.1, 0.15) is 36.7 Å². The molecule has 2 saturated heterocycles. The Hall–Kier alpha value is -1.29. The van der Waals surface area contributed by atoms with Gasteiger partial charge in [0.15, 0.2) is 5.82 Å². The Morgan fingerprint density at radius 1 is 1.32 bits per heavy atom. The van der Waals surface area contributed by atoms with Crippen LogP contribution in [0.5, 0.6) is 0 Å². The highest BCUT2D eigenvalue weighted by atomic mass is 32.2. The molecule has 9 heteroatoms. The van der Waals surface area contributed by atoms with E-state index in [1.54, 1.807) is 7.11 Å². The molecule has 25 heavy (non-hydrogen) atoms. The maximum Gasteiger partial charge on any atom is 0.208 e. The Bertz CT molecular complexity index is 683. The van der Waals surface area contributed by atoms with Crippen LogP contribution in [0, 0.1) is 0 Å². The van der Waals surface area contributed by atoms with E-state index in [-0.39, 0.29) is 6.04 Å². The largest absolute Gasteiger partial charge is 0.381 e. The Balaban J connectivity index is 1.73. The fourth-order valence-corrected chi connectivity index (χ4v) is 4.21. The highest BCUT2D eigenvalue weighted by Gasteiger charge is 2.25. The highest BCUT2D eigenvalue weighted by Crippen LogP contribution is 2.27. The lowest BCUT2D eigenvalue weighted by Crippen LogP contribution is -2.44. The molecule has 0 aliphatic carbocycles. The molecule has 2 aliphatic heterocycles. The molecule has 0 amide bonds. The summed E-state index contributed by atoms with van der Waals surface area (Å²) < 4.78 is 36.2. The van der Waals surface area contributed by atoms with E-state index in [0.717, 1.165) is 50.5 Å². The molecule has 0 saturated carbocycles. The van der Waals surface area contributed by atoms with Crippen molar-refractivity contribution in [2.75, 3.05) is 44.6 Å². The van der Waals surface area contributed by atoms with Crippen LogP contribution in [-0.4, -0.2) is 64.1 Å². The van der Waals surface area contributed by atoms with E-state index in [0.29, 0.717) is 25.0 Å². The van der Waals surface area contributed by atoms with Gasteiger partial charge in [-0.05, 0) is 19.3 Å². The summed E-state index contributed by atoms with van der Waals surface area (Å²) in [6.07, 6.45) is 3.71. The maximum atomic E-state index is 11.4. The van der Waals surface area contributed by atoms with E-state index in [2.05, 4.69) is 19.6 Å². The van der Waals surface area contributed by atoms with E-state index in [4.69, 9.17) is 9.47 Å². The standard InChI is InChI=1S/C16H26N4O4S/c1-23-11-15-17-14(12-5-8-24-10-12)9-16(18-15)20-6-3-13(4-7-20)19-25(2,21)22/h9,12-13,19H,3-8,10-11H2,1-2H3. The zero-order valence-electron chi connectivity index (χ0n) is 14.8. The second-order valence-corrected chi connectivity index (χ2v) is 8.49. The van der Waals surface area contributed by atoms with Crippen LogP contribution >= 0.6 is 0 Å². The number of rotatable bonds is 6. The number of aromatic nitrogens is 2. The fraction of sp³-hybridized carbons (Fsp3) is 0.750. The second kappa shape index (κ2) is 7.94. The Labute approximate surface area is 149 Å². The van der Waals surface area contributed by atoms with Crippen LogP contribution in [0.15, 0.2) is 6.07 Å². The molecule has 2 aliphatic rings. The number of nitrogens with zero attached hydrogens (tertiary/aromatic N) is 3. The van der Waals surface area contributed by atoms with Crippen molar-refractivity contribution in [2.45, 2.75) is 37.8 Å². The van der Waals surface area contributed by atoms with Gasteiger partial charge in [-0.15, -0.1) is 0 Å². The molecule has 1 unspecified atom stereocenters. The minimum Gasteiger partial charge on any atom is -0.381 e. The minimum absolute atomic E-state index is 0.00534. The van der Waals surface area contributed by atoms with Gasteiger partial charge < -0.3 is 14.4 Å². The monoisotopic (exact) mass is 370 g/mol. The number of piperidine rings is 1. The van der Waals surface area contributed by atoms with Gasteiger partial charge in [-0.3, -0.25) is 0 Å². The van der Waals surface area contributed by atoms with E-state index in [1.165, 1.54) is 6.26 Å². The van der Waals surface area contributed by atoms with Gasteiger partial charge in [0.05, 0.1) is 18.6 Å². The quantitative estimate of drug-likeness (QED) is 0.785. The van der Waals surface area contributed by atoms with Crippen LogP contribution in [0.2, 0.25) is 0 Å². The van der Waals surface area contributed by atoms with Gasteiger partial charge in [0.1, 0.15) is 12.4 Å². The molecule has 1 atom stereocenters. The van der Waals surface area contributed by atoms with Gasteiger partial charge in [-0.25, -0.2) is 23.1 Å². The molecule has 3 heterocycles. The molecule has 0 bridgehead atoms. The van der Waals surface area contributed by atoms with Crippen molar-refractivity contribution in [3.8, 4) is 0 Å². The number of methoxy groups -OCH3 is 1. The van der Waals surface area contributed by atoms with Gasteiger partial charge in [0.2, 0.25) is 10.0 Å². The lowest BCUT2D eigenvalue weighted by molar-refractivity contribution is 0.177. The third-order valence-electron chi connectivity index (χ3n) is 4.60. The molecule has 0 aromatic carbocycles. The first kappa shape index (κ1) is 18.5. The number of ether oxygens (including phenoxy) is 2. The molecule has 2 fully saturated rings. The third kappa shape index (κ3) is 5.10. The van der Waals surface area contributed by atoms with Crippen LogP contribution in [-0.2, 0) is 26.1 Å². The zero-order valence-corrected chi connectivity index (χ0v) is 15.6. The van der Waals surface area contributed by atoms with Gasteiger partial charge in [-0.1, -0.05) is 0 Å². The number of hydrogen-bond donors (Lipinski definition) is 1. The normalized spacial score (nSPS) is 22.5. The summed E-state index contributed by atoms with van der Waals surface area (Å²) in [5.74, 6) is 1.88. The summed E-state index contributed by atoms with van der Waals surface area (Å²) in [7, 11) is -1.53. The average Bonchev–Trinajstić information content (AvgIpc) is 3.08. The molecule has 3 rings (SSSR count). The van der Waals surface area contributed by atoms with Crippen molar-refractivity contribution in [3.05, 3.63) is 17.6 Å². The molecule has 1 aromatic heterocycles. The minimum atomic E-state index is -3.16. The topological polar surface area (TPSA) is 93.7 Å². The summed E-state index contributed by atoms with van der Waals surface area (Å²) in [6, 6.07) is 2.04. The first-order chi connectivity index (χ1) is 11.9. The van der Waals surface area contributed by atoms with E-state index in [9.17, 15) is 8.42 Å². The smallest absolute Gasteiger partial charge is 0.208 e. The summed E-state index contributed by atoms with van der Waals surface area (Å²) in [5, 5.41) is 0. The predicted molar refractivity (Wildman–Crippen MR) is 94.1 cm³/mol. The molecule has 1 aromatic rings. The van der Waals surface area contributed by atoms with E-state index >= 15 is 0 Å². The predicted octanol–water partition coefficient (Wildman–Crippen LogP) is 0.645. The van der Waals surface area contributed by atoms with Crippen LogP contribution in [0.25, 0.3) is 0 Å². The Morgan fingerprint density at radius 3 is 2.68 bits per heavy atom. The van der Waals surface area contributed by atoms with E-state index < -0.39 is 10.0 Å². The molecule has 140 valence electrons. The molecule has 0 radical (unpaired) electrons. The summed E-state index contributed by atoms with van der Waals surface area (Å²) in [5.41, 5.74) is 1.01. The average molecular weight is 370 g/mol. The molecular formula is C16H26N4O4S.